The Bertz CT molecular complexity index is 887. The summed E-state index contributed by atoms with van der Waals surface area (Å²) in [5.41, 5.74) is 4.65. The second-order valence-corrected chi connectivity index (χ2v) is 4.58. The van der Waals surface area contributed by atoms with E-state index in [1.54, 1.807) is 6.20 Å². The predicted molar refractivity (Wildman–Crippen MR) is 73.7 cm³/mol. The van der Waals surface area contributed by atoms with Crippen LogP contribution in [0.5, 0.6) is 0 Å². The first kappa shape index (κ1) is 10.3. The average molecular weight is 249 g/mol. The Kier molecular flexibility index (Phi) is 1.97. The molecule has 0 bridgehead atoms. The third-order valence-electron chi connectivity index (χ3n) is 3.23. The Morgan fingerprint density at radius 3 is 2.84 bits per heavy atom. The molecule has 0 saturated carbocycles. The minimum atomic E-state index is 0.858. The molecule has 0 radical (unpaired) electrons. The largest absolute Gasteiger partial charge is 0.339 e. The summed E-state index contributed by atoms with van der Waals surface area (Å²) < 4.78 is 0. The fraction of sp³-hybridized carbons (Fsp3) is 0.0714. The highest BCUT2D eigenvalue weighted by Crippen LogP contribution is 2.25. The van der Waals surface area contributed by atoms with E-state index >= 15 is 0 Å². The molecule has 5 nitrogen and oxygen atoms in total. The zero-order valence-electron chi connectivity index (χ0n) is 10.3. The lowest BCUT2D eigenvalue weighted by Gasteiger charge is -1.95. The molecule has 0 aliphatic rings. The van der Waals surface area contributed by atoms with E-state index in [1.165, 1.54) is 0 Å². The van der Waals surface area contributed by atoms with E-state index < -0.39 is 0 Å². The van der Waals surface area contributed by atoms with Crippen molar-refractivity contribution in [3.8, 4) is 11.4 Å². The van der Waals surface area contributed by atoms with Gasteiger partial charge in [0, 0.05) is 28.9 Å². The Balaban J connectivity index is 1.99. The maximum atomic E-state index is 4.63. The van der Waals surface area contributed by atoms with Gasteiger partial charge in [0.15, 0.2) is 0 Å². The van der Waals surface area contributed by atoms with Crippen LogP contribution < -0.4 is 0 Å². The van der Waals surface area contributed by atoms with E-state index in [1.807, 2.05) is 31.3 Å². The van der Waals surface area contributed by atoms with Crippen molar-refractivity contribution >= 4 is 21.9 Å². The standard InChI is InChI=1S/C14H11N5/c1-8-6-13(19-18-8)12-3-2-9-10-7-15-5-4-11(10)16-14(9)17-12/h2-7H,1H3,(H,16,17)(H,18,19). The highest BCUT2D eigenvalue weighted by Gasteiger charge is 2.08. The molecule has 5 heteroatoms. The van der Waals surface area contributed by atoms with Crippen LogP contribution in [-0.2, 0) is 0 Å². The van der Waals surface area contributed by atoms with Gasteiger partial charge in [-0.05, 0) is 31.2 Å². The van der Waals surface area contributed by atoms with E-state index in [0.29, 0.717) is 0 Å². The lowest BCUT2D eigenvalue weighted by molar-refractivity contribution is 1.05. The van der Waals surface area contributed by atoms with Gasteiger partial charge in [-0.25, -0.2) is 4.98 Å². The quantitative estimate of drug-likeness (QED) is 0.545. The number of aromatic nitrogens is 5. The second kappa shape index (κ2) is 3.65. The average Bonchev–Trinajstić information content (AvgIpc) is 3.01. The maximum absolute atomic E-state index is 4.63. The molecule has 0 atom stereocenters. The van der Waals surface area contributed by atoms with Crippen molar-refractivity contribution in [2.24, 2.45) is 0 Å². The van der Waals surface area contributed by atoms with Gasteiger partial charge in [-0.3, -0.25) is 10.1 Å². The van der Waals surface area contributed by atoms with E-state index in [-0.39, 0.29) is 0 Å². The number of pyridine rings is 2. The summed E-state index contributed by atoms with van der Waals surface area (Å²) in [5.74, 6) is 0. The number of aryl methyl sites for hydroxylation is 1. The third kappa shape index (κ3) is 1.52. The van der Waals surface area contributed by atoms with Crippen molar-refractivity contribution < 1.29 is 0 Å². The topological polar surface area (TPSA) is 70.2 Å². The molecule has 0 aliphatic heterocycles. The number of rotatable bonds is 1. The molecule has 0 unspecified atom stereocenters. The van der Waals surface area contributed by atoms with E-state index in [9.17, 15) is 0 Å². The van der Waals surface area contributed by atoms with Crippen molar-refractivity contribution in [3.63, 3.8) is 0 Å². The van der Waals surface area contributed by atoms with Crippen LogP contribution in [0.2, 0.25) is 0 Å². The normalized spacial score (nSPS) is 11.4. The Hall–Kier alpha value is -2.69. The van der Waals surface area contributed by atoms with Gasteiger partial charge in [0.1, 0.15) is 11.3 Å². The molecule has 4 aromatic rings. The fourth-order valence-electron chi connectivity index (χ4n) is 2.31. The predicted octanol–water partition coefficient (Wildman–Crippen LogP) is 2.81. The monoisotopic (exact) mass is 249 g/mol. The molecule has 4 rings (SSSR count). The number of hydrogen-bond donors (Lipinski definition) is 2. The van der Waals surface area contributed by atoms with Crippen LogP contribution in [0.1, 0.15) is 5.69 Å². The van der Waals surface area contributed by atoms with Crippen molar-refractivity contribution in [1.82, 2.24) is 25.1 Å². The minimum absolute atomic E-state index is 0.858. The fourth-order valence-corrected chi connectivity index (χ4v) is 2.31. The molecule has 2 N–H and O–H groups in total. The molecule has 0 amide bonds. The summed E-state index contributed by atoms with van der Waals surface area (Å²) >= 11 is 0. The number of H-pyrrole nitrogens is 2. The number of nitrogens with one attached hydrogen (secondary N) is 2. The van der Waals surface area contributed by atoms with Crippen molar-refractivity contribution in [2.45, 2.75) is 6.92 Å². The van der Waals surface area contributed by atoms with Crippen LogP contribution in [0.4, 0.5) is 0 Å². The van der Waals surface area contributed by atoms with Crippen LogP contribution in [-0.4, -0.2) is 25.1 Å². The highest BCUT2D eigenvalue weighted by molar-refractivity contribution is 6.05. The second-order valence-electron chi connectivity index (χ2n) is 4.58. The molecule has 0 saturated heterocycles. The van der Waals surface area contributed by atoms with Crippen molar-refractivity contribution in [3.05, 3.63) is 42.4 Å². The number of nitrogens with zero attached hydrogens (tertiary/aromatic N) is 3. The van der Waals surface area contributed by atoms with Crippen LogP contribution in [0, 0.1) is 6.92 Å². The lowest BCUT2D eigenvalue weighted by Crippen LogP contribution is -1.84. The van der Waals surface area contributed by atoms with E-state index in [4.69, 9.17) is 0 Å². The molecular formula is C14H11N5. The Morgan fingerprint density at radius 1 is 1.05 bits per heavy atom. The number of aromatic amines is 2. The summed E-state index contributed by atoms with van der Waals surface area (Å²) in [7, 11) is 0. The van der Waals surface area contributed by atoms with Crippen LogP contribution in [0.25, 0.3) is 33.3 Å². The van der Waals surface area contributed by atoms with Gasteiger partial charge in [-0.15, -0.1) is 0 Å². The van der Waals surface area contributed by atoms with Gasteiger partial charge in [0.2, 0.25) is 0 Å². The Labute approximate surface area is 108 Å². The minimum Gasteiger partial charge on any atom is -0.339 e. The van der Waals surface area contributed by atoms with Gasteiger partial charge in [0.05, 0.1) is 11.2 Å². The molecule has 19 heavy (non-hydrogen) atoms. The molecule has 0 fully saturated rings. The maximum Gasteiger partial charge on any atom is 0.139 e. The van der Waals surface area contributed by atoms with Crippen LogP contribution in [0.3, 0.4) is 0 Å². The first-order valence-electron chi connectivity index (χ1n) is 6.06. The van der Waals surface area contributed by atoms with E-state index in [0.717, 1.165) is 39.0 Å². The van der Waals surface area contributed by atoms with Crippen LogP contribution >= 0.6 is 0 Å². The smallest absolute Gasteiger partial charge is 0.139 e. The molecule has 0 spiro atoms. The Morgan fingerprint density at radius 2 is 2.00 bits per heavy atom. The van der Waals surface area contributed by atoms with Gasteiger partial charge < -0.3 is 4.98 Å². The zero-order valence-corrected chi connectivity index (χ0v) is 10.3. The van der Waals surface area contributed by atoms with Gasteiger partial charge in [-0.1, -0.05) is 0 Å². The first-order valence-corrected chi connectivity index (χ1v) is 6.06. The summed E-state index contributed by atoms with van der Waals surface area (Å²) in [5, 5.41) is 9.34. The molecule has 92 valence electrons. The molecule has 4 heterocycles. The third-order valence-corrected chi connectivity index (χ3v) is 3.23. The van der Waals surface area contributed by atoms with Crippen molar-refractivity contribution in [1.29, 1.82) is 0 Å². The molecule has 0 aromatic carbocycles. The SMILES string of the molecule is Cc1cc(-c2ccc3c(n2)[nH]c2ccncc23)n[nH]1. The lowest BCUT2D eigenvalue weighted by atomic mass is 10.2. The van der Waals surface area contributed by atoms with Gasteiger partial charge >= 0.3 is 0 Å². The summed E-state index contributed by atoms with van der Waals surface area (Å²) in [6.45, 7) is 1.98. The zero-order chi connectivity index (χ0) is 12.8. The van der Waals surface area contributed by atoms with Crippen LogP contribution in [0.15, 0.2) is 36.7 Å². The number of fused-ring (bicyclic) bond motifs is 3. The number of hydrogen-bond acceptors (Lipinski definition) is 3. The highest BCUT2D eigenvalue weighted by atomic mass is 15.1. The summed E-state index contributed by atoms with van der Waals surface area (Å²) in [6, 6.07) is 7.98. The van der Waals surface area contributed by atoms with Crippen molar-refractivity contribution in [2.75, 3.05) is 0 Å². The van der Waals surface area contributed by atoms with Gasteiger partial charge in [-0.2, -0.15) is 5.10 Å². The summed E-state index contributed by atoms with van der Waals surface area (Å²) in [4.78, 5) is 12.1. The first-order chi connectivity index (χ1) is 9.31. The van der Waals surface area contributed by atoms with E-state index in [2.05, 4.69) is 31.2 Å². The summed E-state index contributed by atoms with van der Waals surface area (Å²) in [6.07, 6.45) is 3.63. The molecule has 4 aromatic heterocycles. The van der Waals surface area contributed by atoms with Gasteiger partial charge in [0.25, 0.3) is 0 Å². The molecular weight excluding hydrogens is 238 g/mol. The molecule has 0 aliphatic carbocycles.